The maximum Gasteiger partial charge on any atom is 0.245 e. The quantitative estimate of drug-likeness (QED) is 0.575. The third-order valence-electron chi connectivity index (χ3n) is 4.01. The normalized spacial score (nSPS) is 15.4. The Labute approximate surface area is 154 Å². The van der Waals surface area contributed by atoms with Crippen molar-refractivity contribution >= 4 is 30.2 Å². The molecule has 0 radical (unpaired) electrons. The van der Waals surface area contributed by atoms with Crippen molar-refractivity contribution in [2.45, 2.75) is 38.8 Å². The Bertz CT molecular complexity index is 597. The summed E-state index contributed by atoms with van der Waals surface area (Å²) in [5.74, 6) is 0.298. The van der Waals surface area contributed by atoms with Crippen LogP contribution in [0.4, 0.5) is 0 Å². The second-order valence-electron chi connectivity index (χ2n) is 6.01. The van der Waals surface area contributed by atoms with Gasteiger partial charge in [-0.25, -0.2) is 0 Å². The Kier molecular flexibility index (Phi) is 7.78. The topological polar surface area (TPSA) is 71.0 Å². The van der Waals surface area contributed by atoms with E-state index < -0.39 is 6.04 Å². The van der Waals surface area contributed by atoms with Crippen LogP contribution in [0.3, 0.4) is 0 Å². The predicted molar refractivity (Wildman–Crippen MR) is 101 cm³/mol. The molecule has 1 aliphatic heterocycles. The van der Waals surface area contributed by atoms with Gasteiger partial charge in [-0.3, -0.25) is 9.59 Å². The lowest BCUT2D eigenvalue weighted by atomic mass is 10.1. The van der Waals surface area contributed by atoms with Gasteiger partial charge in [0.2, 0.25) is 11.8 Å². The molecule has 6 nitrogen and oxygen atoms in total. The number of carbonyl (C=O) groups is 2. The second kappa shape index (κ2) is 10.1. The molecule has 1 fully saturated rings. The molecule has 0 aromatic heterocycles. The molecule has 1 unspecified atom stereocenters. The minimum atomic E-state index is -0.497. The SMILES string of the molecule is CC(=O)NC(CCS)C(=O)N1CCC(=NOCc2ccccc2)CC1. The number of amides is 2. The van der Waals surface area contributed by atoms with Crippen molar-refractivity contribution in [1.82, 2.24) is 10.2 Å². The number of thiol groups is 1. The zero-order valence-corrected chi connectivity index (χ0v) is 15.4. The van der Waals surface area contributed by atoms with Crippen LogP contribution < -0.4 is 5.32 Å². The largest absolute Gasteiger partial charge is 0.391 e. The zero-order chi connectivity index (χ0) is 18.1. The van der Waals surface area contributed by atoms with Gasteiger partial charge in [-0.2, -0.15) is 12.6 Å². The van der Waals surface area contributed by atoms with Gasteiger partial charge in [-0.05, 0) is 17.7 Å². The van der Waals surface area contributed by atoms with Crippen LogP contribution in [0.1, 0.15) is 31.7 Å². The summed E-state index contributed by atoms with van der Waals surface area (Å²) in [6.45, 7) is 3.05. The highest BCUT2D eigenvalue weighted by molar-refractivity contribution is 7.80. The average molecular weight is 363 g/mol. The molecule has 0 saturated carbocycles. The molecular formula is C18H25N3O3S. The minimum Gasteiger partial charge on any atom is -0.391 e. The van der Waals surface area contributed by atoms with E-state index in [4.69, 9.17) is 4.84 Å². The molecule has 0 spiro atoms. The molecule has 1 atom stereocenters. The van der Waals surface area contributed by atoms with Gasteiger partial charge in [0.15, 0.2) is 0 Å². The molecule has 2 amide bonds. The smallest absolute Gasteiger partial charge is 0.245 e. The summed E-state index contributed by atoms with van der Waals surface area (Å²) in [6, 6.07) is 9.38. The standard InChI is InChI=1S/C18H25N3O3S/c1-14(22)19-17(9-12-25)18(23)21-10-7-16(8-11-21)20-24-13-15-5-3-2-4-6-15/h2-6,17,25H,7-13H2,1H3,(H,19,22). The molecule has 7 heteroatoms. The van der Waals surface area contributed by atoms with Crippen LogP contribution in [0, 0.1) is 0 Å². The van der Waals surface area contributed by atoms with E-state index in [2.05, 4.69) is 23.1 Å². The molecular weight excluding hydrogens is 338 g/mol. The molecule has 0 aliphatic carbocycles. The minimum absolute atomic E-state index is 0.0477. The molecule has 1 saturated heterocycles. The number of piperidine rings is 1. The maximum atomic E-state index is 12.5. The molecule has 1 aromatic rings. The highest BCUT2D eigenvalue weighted by atomic mass is 32.1. The van der Waals surface area contributed by atoms with E-state index in [1.54, 1.807) is 4.90 Å². The molecule has 1 aromatic carbocycles. The monoisotopic (exact) mass is 363 g/mol. The van der Waals surface area contributed by atoms with Crippen LogP contribution >= 0.6 is 12.6 Å². The van der Waals surface area contributed by atoms with Crippen LogP contribution in [0.15, 0.2) is 35.5 Å². The number of likely N-dealkylation sites (tertiary alicyclic amines) is 1. The lowest BCUT2D eigenvalue weighted by Gasteiger charge is -2.31. The molecule has 25 heavy (non-hydrogen) atoms. The first-order valence-electron chi connectivity index (χ1n) is 8.48. The van der Waals surface area contributed by atoms with Crippen LogP contribution in [-0.4, -0.2) is 47.3 Å². The number of rotatable bonds is 7. The number of hydrogen-bond donors (Lipinski definition) is 2. The van der Waals surface area contributed by atoms with E-state index >= 15 is 0 Å². The molecule has 0 bridgehead atoms. The van der Waals surface area contributed by atoms with Crippen molar-refractivity contribution in [3.63, 3.8) is 0 Å². The van der Waals surface area contributed by atoms with Crippen molar-refractivity contribution in [3.8, 4) is 0 Å². The molecule has 2 rings (SSSR count). The first-order valence-corrected chi connectivity index (χ1v) is 9.11. The van der Waals surface area contributed by atoms with E-state index in [-0.39, 0.29) is 11.8 Å². The van der Waals surface area contributed by atoms with Crippen molar-refractivity contribution in [2.75, 3.05) is 18.8 Å². The number of oxime groups is 1. The van der Waals surface area contributed by atoms with Gasteiger partial charge in [0.25, 0.3) is 0 Å². The van der Waals surface area contributed by atoms with Gasteiger partial charge in [-0.15, -0.1) is 0 Å². The first-order chi connectivity index (χ1) is 12.1. The molecule has 1 aliphatic rings. The summed E-state index contributed by atoms with van der Waals surface area (Å²) in [4.78, 5) is 31.0. The zero-order valence-electron chi connectivity index (χ0n) is 14.5. The van der Waals surface area contributed by atoms with Crippen LogP contribution in [0.2, 0.25) is 0 Å². The molecule has 1 heterocycles. The lowest BCUT2D eigenvalue weighted by Crippen LogP contribution is -2.50. The van der Waals surface area contributed by atoms with Crippen LogP contribution in [-0.2, 0) is 21.0 Å². The maximum absolute atomic E-state index is 12.5. The molecule has 136 valence electrons. The van der Waals surface area contributed by atoms with Crippen molar-refractivity contribution in [2.24, 2.45) is 5.16 Å². The van der Waals surface area contributed by atoms with Crippen molar-refractivity contribution < 1.29 is 14.4 Å². The van der Waals surface area contributed by atoms with Crippen LogP contribution in [0.5, 0.6) is 0 Å². The number of nitrogens with zero attached hydrogens (tertiary/aromatic N) is 2. The van der Waals surface area contributed by atoms with Crippen molar-refractivity contribution in [3.05, 3.63) is 35.9 Å². The second-order valence-corrected chi connectivity index (χ2v) is 6.45. The van der Waals surface area contributed by atoms with E-state index in [0.717, 1.165) is 11.3 Å². The third-order valence-corrected chi connectivity index (χ3v) is 4.27. The number of hydrogen-bond acceptors (Lipinski definition) is 5. The number of carbonyl (C=O) groups excluding carboxylic acids is 2. The van der Waals surface area contributed by atoms with Crippen molar-refractivity contribution in [1.29, 1.82) is 0 Å². The fourth-order valence-electron chi connectivity index (χ4n) is 2.70. The number of nitrogens with one attached hydrogen (secondary N) is 1. The fourth-order valence-corrected chi connectivity index (χ4v) is 2.96. The van der Waals surface area contributed by atoms with Gasteiger partial charge < -0.3 is 15.1 Å². The summed E-state index contributed by atoms with van der Waals surface area (Å²) >= 11 is 4.17. The Hall–Kier alpha value is -2.02. The van der Waals surface area contributed by atoms with E-state index in [1.165, 1.54) is 6.92 Å². The Morgan fingerprint density at radius 1 is 1.28 bits per heavy atom. The van der Waals surface area contributed by atoms with Gasteiger partial charge in [0.05, 0.1) is 5.71 Å². The van der Waals surface area contributed by atoms with Gasteiger partial charge in [0, 0.05) is 32.9 Å². The molecule has 1 N–H and O–H groups in total. The average Bonchev–Trinajstić information content (AvgIpc) is 2.62. The Morgan fingerprint density at radius 2 is 1.96 bits per heavy atom. The highest BCUT2D eigenvalue weighted by Gasteiger charge is 2.27. The summed E-state index contributed by atoms with van der Waals surface area (Å²) in [5, 5.41) is 6.91. The summed E-state index contributed by atoms with van der Waals surface area (Å²) < 4.78 is 0. The third kappa shape index (κ3) is 6.42. The Balaban J connectivity index is 1.80. The van der Waals surface area contributed by atoms with Crippen LogP contribution in [0.25, 0.3) is 0 Å². The van der Waals surface area contributed by atoms with E-state index in [0.29, 0.717) is 44.7 Å². The first kappa shape index (κ1) is 19.3. The lowest BCUT2D eigenvalue weighted by molar-refractivity contribution is -0.136. The van der Waals surface area contributed by atoms with Gasteiger partial charge in [0.1, 0.15) is 12.6 Å². The summed E-state index contributed by atoms with van der Waals surface area (Å²) in [5.41, 5.74) is 2.04. The number of benzene rings is 1. The predicted octanol–water partition coefficient (Wildman–Crippen LogP) is 2.01. The van der Waals surface area contributed by atoms with E-state index in [9.17, 15) is 9.59 Å². The summed E-state index contributed by atoms with van der Waals surface area (Å²) in [7, 11) is 0. The van der Waals surface area contributed by atoms with Gasteiger partial charge >= 0.3 is 0 Å². The van der Waals surface area contributed by atoms with E-state index in [1.807, 2.05) is 30.3 Å². The fraction of sp³-hybridized carbons (Fsp3) is 0.500. The summed E-state index contributed by atoms with van der Waals surface area (Å²) in [6.07, 6.45) is 1.90. The Morgan fingerprint density at radius 3 is 2.56 bits per heavy atom. The van der Waals surface area contributed by atoms with Gasteiger partial charge in [-0.1, -0.05) is 35.5 Å². The highest BCUT2D eigenvalue weighted by Crippen LogP contribution is 2.12.